The summed E-state index contributed by atoms with van der Waals surface area (Å²) in [4.78, 5) is 2.25. The molecule has 1 unspecified atom stereocenters. The van der Waals surface area contributed by atoms with E-state index in [-0.39, 0.29) is 11.9 Å². The highest BCUT2D eigenvalue weighted by Gasteiger charge is 2.19. The summed E-state index contributed by atoms with van der Waals surface area (Å²) in [5.41, 5.74) is 7.69. The second kappa shape index (κ2) is 6.37. The van der Waals surface area contributed by atoms with Crippen molar-refractivity contribution in [2.24, 2.45) is 5.73 Å². The van der Waals surface area contributed by atoms with E-state index in [4.69, 9.17) is 10.5 Å². The summed E-state index contributed by atoms with van der Waals surface area (Å²) in [6, 6.07) is 8.63. The fourth-order valence-electron chi connectivity index (χ4n) is 2.65. The Labute approximate surface area is 128 Å². The maximum atomic E-state index is 14.0. The van der Waals surface area contributed by atoms with Crippen LogP contribution in [0, 0.1) is 5.82 Å². The van der Waals surface area contributed by atoms with Gasteiger partial charge in [-0.05, 0) is 30.7 Å². The van der Waals surface area contributed by atoms with Gasteiger partial charge in [0.25, 0.3) is 0 Å². The number of methoxy groups -OCH3 is 1. The van der Waals surface area contributed by atoms with E-state index in [1.807, 2.05) is 6.07 Å². The summed E-state index contributed by atoms with van der Waals surface area (Å²) >= 11 is 0. The average Bonchev–Trinajstić information content (AvgIpc) is 2.93. The summed E-state index contributed by atoms with van der Waals surface area (Å²) in [6.07, 6.45) is 1.02. The Bertz CT molecular complexity index is 647. The minimum absolute atomic E-state index is 0.251. The van der Waals surface area contributed by atoms with Gasteiger partial charge in [-0.25, -0.2) is 4.39 Å². The topological polar surface area (TPSA) is 64.3 Å². The van der Waals surface area contributed by atoms with Gasteiger partial charge in [-0.2, -0.15) is 10.2 Å². The number of benzene rings is 1. The Hall–Kier alpha value is -2.05. The molecule has 6 heteroatoms. The van der Waals surface area contributed by atoms with Crippen molar-refractivity contribution in [3.05, 3.63) is 41.8 Å². The molecule has 2 heterocycles. The molecular formula is C16H19FN4O. The minimum atomic E-state index is -0.369. The SMILES string of the molecule is COc1ccc(-c2ccc(CN3CCC(N)C3)nn2)c(F)c1. The van der Waals surface area contributed by atoms with Crippen molar-refractivity contribution in [2.75, 3.05) is 20.2 Å². The number of likely N-dealkylation sites (tertiary alicyclic amines) is 1. The number of nitrogens with zero attached hydrogens (tertiary/aromatic N) is 3. The molecule has 1 atom stereocenters. The number of hydrogen-bond acceptors (Lipinski definition) is 5. The molecule has 0 spiro atoms. The van der Waals surface area contributed by atoms with Crippen molar-refractivity contribution < 1.29 is 9.13 Å². The van der Waals surface area contributed by atoms with Crippen LogP contribution in [0.1, 0.15) is 12.1 Å². The van der Waals surface area contributed by atoms with E-state index in [0.717, 1.165) is 31.7 Å². The zero-order chi connectivity index (χ0) is 15.5. The number of hydrogen-bond donors (Lipinski definition) is 1. The van der Waals surface area contributed by atoms with Gasteiger partial charge in [-0.3, -0.25) is 4.90 Å². The molecular weight excluding hydrogens is 283 g/mol. The van der Waals surface area contributed by atoms with Gasteiger partial charge in [0.2, 0.25) is 0 Å². The zero-order valence-corrected chi connectivity index (χ0v) is 12.5. The second-order valence-corrected chi connectivity index (χ2v) is 5.54. The number of aromatic nitrogens is 2. The first-order chi connectivity index (χ1) is 10.7. The zero-order valence-electron chi connectivity index (χ0n) is 12.5. The molecule has 0 saturated carbocycles. The van der Waals surface area contributed by atoms with E-state index in [1.54, 1.807) is 18.2 Å². The Balaban J connectivity index is 1.74. The lowest BCUT2D eigenvalue weighted by atomic mass is 10.1. The molecule has 0 radical (unpaired) electrons. The van der Waals surface area contributed by atoms with Crippen LogP contribution in [0.15, 0.2) is 30.3 Å². The van der Waals surface area contributed by atoms with E-state index in [2.05, 4.69) is 15.1 Å². The van der Waals surface area contributed by atoms with Crippen molar-refractivity contribution in [3.8, 4) is 17.0 Å². The van der Waals surface area contributed by atoms with Crippen LogP contribution in [0.4, 0.5) is 4.39 Å². The summed E-state index contributed by atoms with van der Waals surface area (Å²) in [5, 5.41) is 8.33. The van der Waals surface area contributed by atoms with Crippen molar-refractivity contribution in [2.45, 2.75) is 19.0 Å². The van der Waals surface area contributed by atoms with Crippen molar-refractivity contribution in [1.82, 2.24) is 15.1 Å². The molecule has 1 aromatic carbocycles. The fourth-order valence-corrected chi connectivity index (χ4v) is 2.65. The molecule has 1 aliphatic heterocycles. The normalized spacial score (nSPS) is 18.6. The van der Waals surface area contributed by atoms with Crippen molar-refractivity contribution in [1.29, 1.82) is 0 Å². The van der Waals surface area contributed by atoms with Crippen LogP contribution < -0.4 is 10.5 Å². The summed E-state index contributed by atoms with van der Waals surface area (Å²) in [7, 11) is 1.51. The summed E-state index contributed by atoms with van der Waals surface area (Å²) in [6.45, 7) is 2.60. The first-order valence-corrected chi connectivity index (χ1v) is 7.30. The third-order valence-electron chi connectivity index (χ3n) is 3.87. The molecule has 0 aliphatic carbocycles. The number of rotatable bonds is 4. The quantitative estimate of drug-likeness (QED) is 0.933. The van der Waals surface area contributed by atoms with E-state index in [1.165, 1.54) is 13.2 Å². The lowest BCUT2D eigenvalue weighted by molar-refractivity contribution is 0.321. The van der Waals surface area contributed by atoms with E-state index < -0.39 is 0 Å². The second-order valence-electron chi connectivity index (χ2n) is 5.54. The van der Waals surface area contributed by atoms with Crippen LogP contribution >= 0.6 is 0 Å². The van der Waals surface area contributed by atoms with Crippen LogP contribution in [0.2, 0.25) is 0 Å². The van der Waals surface area contributed by atoms with Gasteiger partial charge in [0.15, 0.2) is 0 Å². The monoisotopic (exact) mass is 302 g/mol. The Morgan fingerprint density at radius 2 is 2.18 bits per heavy atom. The minimum Gasteiger partial charge on any atom is -0.497 e. The van der Waals surface area contributed by atoms with E-state index >= 15 is 0 Å². The molecule has 5 nitrogen and oxygen atoms in total. The van der Waals surface area contributed by atoms with Gasteiger partial charge >= 0.3 is 0 Å². The van der Waals surface area contributed by atoms with Crippen LogP contribution in [0.25, 0.3) is 11.3 Å². The van der Waals surface area contributed by atoms with Crippen LogP contribution in [0.3, 0.4) is 0 Å². The highest BCUT2D eigenvalue weighted by molar-refractivity contribution is 5.60. The number of nitrogens with two attached hydrogens (primary N) is 1. The first-order valence-electron chi connectivity index (χ1n) is 7.30. The highest BCUT2D eigenvalue weighted by Crippen LogP contribution is 2.24. The van der Waals surface area contributed by atoms with Crippen LogP contribution in [0.5, 0.6) is 5.75 Å². The van der Waals surface area contributed by atoms with Crippen molar-refractivity contribution >= 4 is 0 Å². The van der Waals surface area contributed by atoms with E-state index in [0.29, 0.717) is 17.0 Å². The lowest BCUT2D eigenvalue weighted by Gasteiger charge is -2.14. The fraction of sp³-hybridized carbons (Fsp3) is 0.375. The maximum absolute atomic E-state index is 14.0. The first kappa shape index (κ1) is 14.9. The Morgan fingerprint density at radius 1 is 1.32 bits per heavy atom. The van der Waals surface area contributed by atoms with Crippen LogP contribution in [-0.2, 0) is 6.54 Å². The Kier molecular flexibility index (Phi) is 4.31. The molecule has 2 N–H and O–H groups in total. The molecule has 1 fully saturated rings. The van der Waals surface area contributed by atoms with E-state index in [9.17, 15) is 4.39 Å². The van der Waals surface area contributed by atoms with Crippen molar-refractivity contribution in [3.63, 3.8) is 0 Å². The standard InChI is InChI=1S/C16H19FN4O/c1-22-13-3-4-14(15(17)8-13)16-5-2-12(19-20-16)10-21-7-6-11(18)9-21/h2-5,8,11H,6-7,9-10,18H2,1H3. The predicted octanol–water partition coefficient (Wildman–Crippen LogP) is 1.82. The van der Waals surface area contributed by atoms with Gasteiger partial charge in [0, 0.05) is 37.3 Å². The molecule has 0 amide bonds. The Morgan fingerprint density at radius 3 is 2.77 bits per heavy atom. The largest absolute Gasteiger partial charge is 0.497 e. The molecule has 116 valence electrons. The third-order valence-corrected chi connectivity index (χ3v) is 3.87. The molecule has 1 aromatic heterocycles. The van der Waals surface area contributed by atoms with Gasteiger partial charge in [-0.15, -0.1) is 0 Å². The number of halogens is 1. The third kappa shape index (κ3) is 3.23. The van der Waals surface area contributed by atoms with Gasteiger partial charge in [-0.1, -0.05) is 0 Å². The average molecular weight is 302 g/mol. The van der Waals surface area contributed by atoms with Gasteiger partial charge < -0.3 is 10.5 Å². The van der Waals surface area contributed by atoms with Crippen LogP contribution in [-0.4, -0.2) is 41.3 Å². The summed E-state index contributed by atoms with van der Waals surface area (Å²) < 4.78 is 19.0. The maximum Gasteiger partial charge on any atom is 0.136 e. The molecule has 1 saturated heterocycles. The van der Waals surface area contributed by atoms with Gasteiger partial charge in [0.1, 0.15) is 11.6 Å². The lowest BCUT2D eigenvalue weighted by Crippen LogP contribution is -2.26. The predicted molar refractivity (Wildman–Crippen MR) is 81.8 cm³/mol. The molecule has 2 aromatic rings. The smallest absolute Gasteiger partial charge is 0.136 e. The molecule has 0 bridgehead atoms. The number of ether oxygens (including phenoxy) is 1. The molecule has 3 rings (SSSR count). The van der Waals surface area contributed by atoms with Gasteiger partial charge in [0.05, 0.1) is 18.5 Å². The highest BCUT2D eigenvalue weighted by atomic mass is 19.1. The molecule has 22 heavy (non-hydrogen) atoms. The summed E-state index contributed by atoms with van der Waals surface area (Å²) in [5.74, 6) is 0.114. The molecule has 1 aliphatic rings.